The Morgan fingerprint density at radius 3 is 2.43 bits per heavy atom. The minimum absolute atomic E-state index is 0.0962. The third-order valence-electron chi connectivity index (χ3n) is 6.45. The Hall–Kier alpha value is -2.03. The van der Waals surface area contributed by atoms with Gasteiger partial charge in [0.05, 0.1) is 19.3 Å². The van der Waals surface area contributed by atoms with E-state index in [1.807, 2.05) is 0 Å². The van der Waals surface area contributed by atoms with Crippen molar-refractivity contribution in [2.75, 3.05) is 46.0 Å². The smallest absolute Gasteiger partial charge is 0.312 e. The Morgan fingerprint density at radius 1 is 1.07 bits per heavy atom. The fourth-order valence-electron chi connectivity index (χ4n) is 4.54. The summed E-state index contributed by atoms with van der Waals surface area (Å²) in [6.07, 6.45) is 2.66. The normalized spacial score (nSPS) is 27.6. The Bertz CT molecular complexity index is 745. The van der Waals surface area contributed by atoms with Crippen LogP contribution in [0.1, 0.15) is 30.7 Å². The van der Waals surface area contributed by atoms with Gasteiger partial charge in [0, 0.05) is 50.7 Å². The molecule has 3 saturated heterocycles. The second kappa shape index (κ2) is 9.41. The van der Waals surface area contributed by atoms with Gasteiger partial charge in [0.15, 0.2) is 0 Å². The number of halogens is 1. The summed E-state index contributed by atoms with van der Waals surface area (Å²) in [4.78, 5) is 28.7. The number of nitrogens with zero attached hydrogens (tertiary/aromatic N) is 2. The first kappa shape index (κ1) is 21.2. The summed E-state index contributed by atoms with van der Waals surface area (Å²) in [5.41, 5.74) is 7.11. The van der Waals surface area contributed by atoms with E-state index in [4.69, 9.17) is 15.2 Å². The van der Waals surface area contributed by atoms with Gasteiger partial charge in [0.25, 0.3) is 0 Å². The van der Waals surface area contributed by atoms with Crippen molar-refractivity contribution in [3.05, 3.63) is 35.6 Å². The van der Waals surface area contributed by atoms with E-state index in [2.05, 4.69) is 0 Å². The molecule has 1 unspecified atom stereocenters. The number of nitrogens with two attached hydrogens (primary N) is 1. The molecule has 0 saturated carbocycles. The van der Waals surface area contributed by atoms with Gasteiger partial charge in [0.1, 0.15) is 5.82 Å². The number of hydrogen-bond acceptors (Lipinski definition) is 5. The monoisotopic (exact) mass is 419 g/mol. The van der Waals surface area contributed by atoms with Crippen molar-refractivity contribution in [1.29, 1.82) is 0 Å². The van der Waals surface area contributed by atoms with Crippen LogP contribution < -0.4 is 5.73 Å². The van der Waals surface area contributed by atoms with Crippen LogP contribution in [-0.4, -0.2) is 79.8 Å². The average Bonchev–Trinajstić information content (AvgIpc) is 3.42. The molecular weight excluding hydrogens is 389 g/mol. The number of carbonyl (C=O) groups is 2. The summed E-state index contributed by atoms with van der Waals surface area (Å²) in [7, 11) is 0. The summed E-state index contributed by atoms with van der Waals surface area (Å²) < 4.78 is 24.5. The van der Waals surface area contributed by atoms with E-state index in [1.54, 1.807) is 17.0 Å². The highest BCUT2D eigenvalue weighted by Gasteiger charge is 2.38. The largest absolute Gasteiger partial charge is 0.381 e. The number of ether oxygens (including phenoxy) is 2. The van der Waals surface area contributed by atoms with Crippen molar-refractivity contribution in [3.63, 3.8) is 0 Å². The second-order valence-electron chi connectivity index (χ2n) is 8.59. The van der Waals surface area contributed by atoms with Crippen molar-refractivity contribution < 1.29 is 23.5 Å². The van der Waals surface area contributed by atoms with Crippen molar-refractivity contribution in [2.45, 2.75) is 37.3 Å². The first-order valence-corrected chi connectivity index (χ1v) is 10.8. The summed E-state index contributed by atoms with van der Waals surface area (Å²) in [6, 6.07) is 5.90. The van der Waals surface area contributed by atoms with E-state index < -0.39 is 11.8 Å². The number of amides is 2. The van der Waals surface area contributed by atoms with E-state index in [-0.39, 0.29) is 23.9 Å². The molecule has 3 fully saturated rings. The number of benzene rings is 1. The molecule has 1 aromatic carbocycles. The van der Waals surface area contributed by atoms with Crippen molar-refractivity contribution >= 4 is 11.8 Å². The van der Waals surface area contributed by atoms with Crippen LogP contribution >= 0.6 is 0 Å². The zero-order valence-electron chi connectivity index (χ0n) is 17.2. The Kier molecular flexibility index (Phi) is 6.65. The fraction of sp³-hybridized carbons (Fsp3) is 0.636. The number of likely N-dealkylation sites (tertiary alicyclic amines) is 2. The summed E-state index contributed by atoms with van der Waals surface area (Å²) in [6.45, 7) is 4.04. The molecule has 4 rings (SSSR count). The van der Waals surface area contributed by atoms with Crippen LogP contribution in [0.3, 0.4) is 0 Å². The number of piperidine rings is 1. The minimum atomic E-state index is -0.502. The van der Waals surface area contributed by atoms with E-state index in [1.165, 1.54) is 17.0 Å². The van der Waals surface area contributed by atoms with Gasteiger partial charge >= 0.3 is 11.8 Å². The maximum atomic E-state index is 13.2. The molecule has 0 bridgehead atoms. The lowest BCUT2D eigenvalue weighted by Crippen LogP contribution is -2.48. The zero-order chi connectivity index (χ0) is 21.1. The predicted molar refractivity (Wildman–Crippen MR) is 108 cm³/mol. The maximum absolute atomic E-state index is 13.2. The lowest BCUT2D eigenvalue weighted by Gasteiger charge is -2.32. The van der Waals surface area contributed by atoms with Crippen LogP contribution in [0.5, 0.6) is 0 Å². The molecule has 30 heavy (non-hydrogen) atoms. The van der Waals surface area contributed by atoms with E-state index in [0.29, 0.717) is 38.7 Å². The highest BCUT2D eigenvalue weighted by molar-refractivity contribution is 6.35. The van der Waals surface area contributed by atoms with Crippen LogP contribution in [0.25, 0.3) is 0 Å². The van der Waals surface area contributed by atoms with Crippen molar-refractivity contribution in [3.8, 4) is 0 Å². The van der Waals surface area contributed by atoms with Crippen LogP contribution in [0.15, 0.2) is 24.3 Å². The van der Waals surface area contributed by atoms with Crippen LogP contribution in [-0.2, 0) is 19.1 Å². The molecule has 0 radical (unpaired) electrons. The second-order valence-corrected chi connectivity index (χ2v) is 8.59. The first-order valence-electron chi connectivity index (χ1n) is 10.8. The molecule has 2 N–H and O–H groups in total. The number of rotatable bonds is 4. The minimum Gasteiger partial charge on any atom is -0.381 e. The Balaban J connectivity index is 1.25. The predicted octanol–water partition coefficient (Wildman–Crippen LogP) is 1.12. The van der Waals surface area contributed by atoms with Gasteiger partial charge in [-0.25, -0.2) is 4.39 Å². The maximum Gasteiger partial charge on any atom is 0.312 e. The number of hydrogen-bond donors (Lipinski definition) is 1. The lowest BCUT2D eigenvalue weighted by atomic mass is 9.95. The Morgan fingerprint density at radius 2 is 1.77 bits per heavy atom. The quantitative estimate of drug-likeness (QED) is 0.740. The van der Waals surface area contributed by atoms with Gasteiger partial charge in [-0.2, -0.15) is 0 Å². The van der Waals surface area contributed by atoms with Crippen LogP contribution in [0.2, 0.25) is 0 Å². The molecule has 164 valence electrons. The van der Waals surface area contributed by atoms with Crippen molar-refractivity contribution in [1.82, 2.24) is 9.80 Å². The van der Waals surface area contributed by atoms with Gasteiger partial charge in [-0.3, -0.25) is 9.59 Å². The van der Waals surface area contributed by atoms with Gasteiger partial charge in [-0.15, -0.1) is 0 Å². The molecule has 0 aromatic heterocycles. The van der Waals surface area contributed by atoms with Gasteiger partial charge in [-0.05, 0) is 37.0 Å². The topological polar surface area (TPSA) is 85.1 Å². The third kappa shape index (κ3) is 4.82. The van der Waals surface area contributed by atoms with Gasteiger partial charge < -0.3 is 25.0 Å². The Labute approximate surface area is 176 Å². The molecule has 3 heterocycles. The molecule has 0 aliphatic carbocycles. The van der Waals surface area contributed by atoms with Crippen molar-refractivity contribution in [2.24, 2.45) is 11.7 Å². The van der Waals surface area contributed by atoms with Gasteiger partial charge in [0.2, 0.25) is 0 Å². The highest BCUT2D eigenvalue weighted by Crippen LogP contribution is 2.27. The van der Waals surface area contributed by atoms with E-state index >= 15 is 0 Å². The summed E-state index contributed by atoms with van der Waals surface area (Å²) >= 11 is 0. The fourth-order valence-corrected chi connectivity index (χ4v) is 4.54. The third-order valence-corrected chi connectivity index (χ3v) is 6.45. The molecule has 2 amide bonds. The summed E-state index contributed by atoms with van der Waals surface area (Å²) in [5, 5.41) is 0. The molecule has 3 aliphatic heterocycles. The van der Waals surface area contributed by atoms with E-state index in [9.17, 15) is 14.0 Å². The molecule has 3 aliphatic rings. The van der Waals surface area contributed by atoms with Crippen LogP contribution in [0, 0.1) is 11.7 Å². The lowest BCUT2D eigenvalue weighted by molar-refractivity contribution is -0.152. The molecule has 0 spiro atoms. The SMILES string of the molecule is N[C@@H]1CN(C(=O)C(=O)N2CCC(OCC3CCOC3)CC2)C[C@H]1c1ccc(F)cc1. The first-order chi connectivity index (χ1) is 14.5. The zero-order valence-corrected chi connectivity index (χ0v) is 17.2. The molecule has 3 atom stereocenters. The summed E-state index contributed by atoms with van der Waals surface area (Å²) in [5.74, 6) is -0.903. The standard InChI is InChI=1S/C22H30FN3O4/c23-17-3-1-16(2-4-17)19-11-26(12-20(19)24)22(28)21(27)25-8-5-18(6-9-25)30-14-15-7-10-29-13-15/h1-4,15,18-20H,5-14,24H2/t15?,19-,20+/m0/s1. The number of carbonyl (C=O) groups excluding carboxylic acids is 2. The highest BCUT2D eigenvalue weighted by atomic mass is 19.1. The average molecular weight is 419 g/mol. The molecular formula is C22H30FN3O4. The van der Waals surface area contributed by atoms with Crippen LogP contribution in [0.4, 0.5) is 4.39 Å². The van der Waals surface area contributed by atoms with Gasteiger partial charge in [-0.1, -0.05) is 12.1 Å². The molecule has 7 nitrogen and oxygen atoms in total. The van der Waals surface area contributed by atoms with E-state index in [0.717, 1.165) is 38.0 Å². The molecule has 8 heteroatoms. The molecule has 1 aromatic rings.